The van der Waals surface area contributed by atoms with E-state index in [2.05, 4.69) is 32.4 Å². The summed E-state index contributed by atoms with van der Waals surface area (Å²) in [6, 6.07) is 2.04. The van der Waals surface area contributed by atoms with E-state index in [1.54, 1.807) is 20.8 Å². The van der Waals surface area contributed by atoms with Crippen LogP contribution < -0.4 is 16.0 Å². The van der Waals surface area contributed by atoms with Gasteiger partial charge in [0.15, 0.2) is 11.3 Å². The molecule has 2 rings (SSSR count). The number of hydrogen-bond donors (Lipinski definition) is 4. The lowest BCUT2D eigenvalue weighted by Crippen LogP contribution is -2.55. The Kier molecular flexibility index (Phi) is 7.80. The fourth-order valence-electron chi connectivity index (χ4n) is 3.00. The van der Waals surface area contributed by atoms with Gasteiger partial charge in [-0.1, -0.05) is 0 Å². The molecule has 0 bridgehead atoms. The Morgan fingerprint density at radius 3 is 2.52 bits per heavy atom. The molecule has 0 saturated carbocycles. The predicted molar refractivity (Wildman–Crippen MR) is 118 cm³/mol. The van der Waals surface area contributed by atoms with Crippen molar-refractivity contribution in [3.8, 4) is 11.3 Å². The van der Waals surface area contributed by atoms with Crippen molar-refractivity contribution < 1.29 is 24.2 Å². The number of aryl methyl sites for hydroxylation is 1. The third-order valence-electron chi connectivity index (χ3n) is 4.28. The van der Waals surface area contributed by atoms with Gasteiger partial charge in [-0.25, -0.2) is 9.78 Å². The van der Waals surface area contributed by atoms with Crippen molar-refractivity contribution >= 4 is 34.4 Å². The number of thiazole rings is 1. The average molecular weight is 452 g/mol. The van der Waals surface area contributed by atoms with Gasteiger partial charge in [0.1, 0.15) is 5.60 Å². The number of carbonyl (C=O) groups is 3. The molecule has 0 aromatic carbocycles. The Balaban J connectivity index is 2.14. The van der Waals surface area contributed by atoms with Gasteiger partial charge in [-0.15, -0.1) is 11.3 Å². The van der Waals surface area contributed by atoms with E-state index in [4.69, 9.17) is 9.84 Å². The topological polar surface area (TPSA) is 135 Å². The molecule has 0 aliphatic carbocycles. The van der Waals surface area contributed by atoms with Crippen LogP contribution in [0, 0.1) is 13.8 Å². The molecule has 0 unspecified atom stereocenters. The van der Waals surface area contributed by atoms with E-state index in [-0.39, 0.29) is 0 Å². The molecule has 2 heterocycles. The number of nitrogens with zero attached hydrogens (tertiary/aromatic N) is 2. The van der Waals surface area contributed by atoms with E-state index in [0.29, 0.717) is 5.13 Å². The maximum absolute atomic E-state index is 12.7. The highest BCUT2D eigenvalue weighted by Crippen LogP contribution is 2.29. The quantitative estimate of drug-likeness (QED) is 0.453. The van der Waals surface area contributed by atoms with Gasteiger partial charge in [0.25, 0.3) is 5.91 Å². The molecule has 0 fully saturated rings. The smallest absolute Gasteiger partial charge is 0.409 e. The first-order valence-corrected chi connectivity index (χ1v) is 10.7. The summed E-state index contributed by atoms with van der Waals surface area (Å²) in [6.45, 7) is 11.5. The number of carboxylic acid groups (broad SMARTS) is 1. The second-order valence-corrected chi connectivity index (χ2v) is 8.77. The molecular weight excluding hydrogens is 422 g/mol. The van der Waals surface area contributed by atoms with Crippen LogP contribution >= 0.6 is 11.3 Å². The summed E-state index contributed by atoms with van der Waals surface area (Å²) < 4.78 is 7.31. The third-order valence-corrected chi connectivity index (χ3v) is 5.04. The summed E-state index contributed by atoms with van der Waals surface area (Å²) in [6.07, 6.45) is -2.17. The first-order chi connectivity index (χ1) is 14.4. The van der Waals surface area contributed by atoms with Crippen molar-refractivity contribution in [2.75, 3.05) is 11.9 Å². The van der Waals surface area contributed by atoms with Gasteiger partial charge < -0.3 is 14.4 Å². The lowest BCUT2D eigenvalue weighted by atomic mass is 10.2. The molecule has 170 valence electrons. The number of carboxylic acids is 1. The van der Waals surface area contributed by atoms with Gasteiger partial charge in [0.05, 0.1) is 12.2 Å². The molecule has 10 nitrogen and oxygen atoms in total. The number of amides is 2. The molecule has 2 amide bonds. The molecule has 4 N–H and O–H groups in total. The van der Waals surface area contributed by atoms with Crippen molar-refractivity contribution in [2.45, 2.75) is 59.9 Å². The Bertz CT molecular complexity index is 960. The third kappa shape index (κ3) is 6.79. The molecule has 11 heteroatoms. The van der Waals surface area contributed by atoms with Gasteiger partial charge in [-0.05, 0) is 47.6 Å². The van der Waals surface area contributed by atoms with E-state index in [0.717, 1.165) is 29.2 Å². The van der Waals surface area contributed by atoms with E-state index >= 15 is 0 Å². The molecule has 0 spiro atoms. The number of alkyl carbamates (subject to hydrolysis) is 1. The fourth-order valence-corrected chi connectivity index (χ4v) is 3.72. The van der Waals surface area contributed by atoms with Crippen LogP contribution in [-0.2, 0) is 20.9 Å². The van der Waals surface area contributed by atoms with Crippen molar-refractivity contribution in [1.29, 1.82) is 0 Å². The van der Waals surface area contributed by atoms with Gasteiger partial charge in [0, 0.05) is 28.9 Å². The number of hydrogen-bond acceptors (Lipinski definition) is 7. The van der Waals surface area contributed by atoms with E-state index in [1.165, 1.54) is 11.3 Å². The van der Waals surface area contributed by atoms with Crippen LogP contribution in [-0.4, -0.2) is 50.9 Å². The Morgan fingerprint density at radius 2 is 1.97 bits per heavy atom. The number of aromatic nitrogens is 2. The van der Waals surface area contributed by atoms with Crippen molar-refractivity contribution in [1.82, 2.24) is 20.2 Å². The SMILES string of the molecule is CCn1c(C)cc(-c2csc(NC(=O)[C@H](NCC(=O)O)NC(=O)OC(C)(C)C)n2)c1C. The molecule has 0 aliphatic rings. The number of nitrogens with one attached hydrogen (secondary N) is 3. The van der Waals surface area contributed by atoms with Crippen LogP contribution in [0.4, 0.5) is 9.93 Å². The summed E-state index contributed by atoms with van der Waals surface area (Å²) in [5.41, 5.74) is 3.13. The molecule has 31 heavy (non-hydrogen) atoms. The van der Waals surface area contributed by atoms with Crippen LogP contribution in [0.15, 0.2) is 11.4 Å². The Morgan fingerprint density at radius 1 is 1.29 bits per heavy atom. The van der Waals surface area contributed by atoms with Gasteiger partial charge in [-0.2, -0.15) is 0 Å². The minimum absolute atomic E-state index is 0.328. The summed E-state index contributed by atoms with van der Waals surface area (Å²) in [7, 11) is 0. The highest BCUT2D eigenvalue weighted by atomic mass is 32.1. The van der Waals surface area contributed by atoms with Crippen molar-refractivity contribution in [3.05, 3.63) is 22.8 Å². The predicted octanol–water partition coefficient (Wildman–Crippen LogP) is 2.71. The van der Waals surface area contributed by atoms with Crippen LogP contribution in [0.1, 0.15) is 39.1 Å². The number of carbonyl (C=O) groups excluding carboxylic acids is 2. The van der Waals surface area contributed by atoms with Gasteiger partial charge in [0.2, 0.25) is 0 Å². The molecule has 0 aliphatic heterocycles. The Labute approximate surface area is 185 Å². The van der Waals surface area contributed by atoms with Crippen molar-refractivity contribution in [3.63, 3.8) is 0 Å². The Hall–Kier alpha value is -2.92. The number of anilines is 1. The van der Waals surface area contributed by atoms with Crippen LogP contribution in [0.5, 0.6) is 0 Å². The second kappa shape index (κ2) is 9.92. The zero-order chi connectivity index (χ0) is 23.3. The van der Waals surface area contributed by atoms with E-state index in [1.807, 2.05) is 25.3 Å². The molecule has 0 radical (unpaired) electrons. The largest absolute Gasteiger partial charge is 0.480 e. The second-order valence-electron chi connectivity index (χ2n) is 7.91. The molecule has 2 aromatic heterocycles. The monoisotopic (exact) mass is 451 g/mol. The highest BCUT2D eigenvalue weighted by Gasteiger charge is 2.25. The first-order valence-electron chi connectivity index (χ1n) is 9.79. The van der Waals surface area contributed by atoms with Crippen LogP contribution in [0.3, 0.4) is 0 Å². The van der Waals surface area contributed by atoms with Gasteiger partial charge in [-0.3, -0.25) is 25.5 Å². The van der Waals surface area contributed by atoms with Crippen molar-refractivity contribution in [2.24, 2.45) is 0 Å². The number of ether oxygens (including phenoxy) is 1. The summed E-state index contributed by atoms with van der Waals surface area (Å²) in [4.78, 5) is 40.1. The number of rotatable bonds is 8. The summed E-state index contributed by atoms with van der Waals surface area (Å²) in [5, 5.41) is 18.5. The van der Waals surface area contributed by atoms with Crippen LogP contribution in [0.2, 0.25) is 0 Å². The standard InChI is InChI=1S/C20H29N5O5S/c1-7-25-11(2)8-13(12(25)3)14-10-31-18(22-14)24-17(28)16(21-9-15(26)27)23-19(29)30-20(4,5)6/h8,10,16,21H,7,9H2,1-6H3,(H,23,29)(H,26,27)(H,22,24,28)/t16-/m1/s1. The average Bonchev–Trinajstić information content (AvgIpc) is 3.20. The van der Waals surface area contributed by atoms with E-state index < -0.39 is 36.3 Å². The normalized spacial score (nSPS) is 12.3. The van der Waals surface area contributed by atoms with Crippen LogP contribution in [0.25, 0.3) is 11.3 Å². The first kappa shape index (κ1) is 24.4. The minimum Gasteiger partial charge on any atom is -0.480 e. The lowest BCUT2D eigenvalue weighted by molar-refractivity contribution is -0.136. The summed E-state index contributed by atoms with van der Waals surface area (Å²) >= 11 is 1.23. The molecule has 1 atom stereocenters. The maximum Gasteiger partial charge on any atom is 0.409 e. The molecular formula is C20H29N5O5S. The zero-order valence-corrected chi connectivity index (χ0v) is 19.3. The van der Waals surface area contributed by atoms with Gasteiger partial charge >= 0.3 is 12.1 Å². The highest BCUT2D eigenvalue weighted by molar-refractivity contribution is 7.14. The summed E-state index contributed by atoms with van der Waals surface area (Å²) in [5.74, 6) is -1.83. The minimum atomic E-state index is -1.32. The molecule has 0 saturated heterocycles. The lowest BCUT2D eigenvalue weighted by Gasteiger charge is -2.23. The fraction of sp³-hybridized carbons (Fsp3) is 0.500. The van der Waals surface area contributed by atoms with E-state index in [9.17, 15) is 14.4 Å². The maximum atomic E-state index is 12.7. The molecule has 2 aromatic rings. The number of aliphatic carboxylic acids is 1. The zero-order valence-electron chi connectivity index (χ0n) is 18.5.